The zero-order valence-electron chi connectivity index (χ0n) is 19.9. The Bertz CT molecular complexity index is 1870. The first-order valence-electron chi connectivity index (χ1n) is 11.9. The summed E-state index contributed by atoms with van der Waals surface area (Å²) < 4.78 is 5.55. The summed E-state index contributed by atoms with van der Waals surface area (Å²) in [5.41, 5.74) is 11.9. The first kappa shape index (κ1) is 21.5. The number of ether oxygens (including phenoxy) is 1. The van der Waals surface area contributed by atoms with E-state index in [0.717, 1.165) is 55.3 Å². The van der Waals surface area contributed by atoms with Gasteiger partial charge in [0.1, 0.15) is 16.6 Å². The van der Waals surface area contributed by atoms with Gasteiger partial charge >= 0.3 is 0 Å². The Morgan fingerprint density at radius 1 is 0.703 bits per heavy atom. The summed E-state index contributed by atoms with van der Waals surface area (Å²) in [7, 11) is 1.66. The van der Waals surface area contributed by atoms with E-state index in [1.807, 2.05) is 12.1 Å². The standard InChI is InChI=1S/C30H21N5OS/c1-36-21-15-19(14-20(16-21)29-34-35-30(31)37-29)17-10-12-18(13-11-17)28-32-26-24-8-4-2-6-22(24)23-7-3-5-9-25(23)27(26)33-28/h2-16H,1H3,(H2,31,35)(H,32,33). The number of benzene rings is 5. The maximum absolute atomic E-state index is 5.80. The van der Waals surface area contributed by atoms with E-state index in [9.17, 15) is 0 Å². The van der Waals surface area contributed by atoms with Crippen LogP contribution in [0.2, 0.25) is 0 Å². The number of hydrogen-bond acceptors (Lipinski definition) is 6. The summed E-state index contributed by atoms with van der Waals surface area (Å²) >= 11 is 1.35. The Kier molecular flexibility index (Phi) is 4.90. The molecule has 6 nitrogen and oxygen atoms in total. The number of anilines is 1. The van der Waals surface area contributed by atoms with Gasteiger partial charge in [-0.05, 0) is 40.1 Å². The minimum absolute atomic E-state index is 0.440. The summed E-state index contributed by atoms with van der Waals surface area (Å²) in [4.78, 5) is 8.65. The van der Waals surface area contributed by atoms with Crippen LogP contribution in [0.15, 0.2) is 91.0 Å². The Hall–Kier alpha value is -4.75. The number of nitrogen functional groups attached to an aromatic ring is 1. The number of nitrogens with zero attached hydrogens (tertiary/aromatic N) is 3. The molecule has 0 saturated carbocycles. The van der Waals surface area contributed by atoms with Crippen LogP contribution < -0.4 is 10.5 Å². The van der Waals surface area contributed by atoms with Crippen LogP contribution in [0, 0.1) is 0 Å². The molecule has 0 radical (unpaired) electrons. The van der Waals surface area contributed by atoms with Gasteiger partial charge in [-0.3, -0.25) is 0 Å². The molecule has 0 aliphatic heterocycles. The molecule has 178 valence electrons. The van der Waals surface area contributed by atoms with Gasteiger partial charge in [0.25, 0.3) is 0 Å². The van der Waals surface area contributed by atoms with Crippen molar-refractivity contribution in [1.29, 1.82) is 0 Å². The van der Waals surface area contributed by atoms with Crippen molar-refractivity contribution >= 4 is 49.0 Å². The van der Waals surface area contributed by atoms with Gasteiger partial charge in [-0.15, -0.1) is 10.2 Å². The van der Waals surface area contributed by atoms with E-state index < -0.39 is 0 Å². The summed E-state index contributed by atoms with van der Waals surface area (Å²) in [5, 5.41) is 14.1. The van der Waals surface area contributed by atoms with Crippen molar-refractivity contribution in [3.63, 3.8) is 0 Å². The van der Waals surface area contributed by atoms with Crippen LogP contribution in [0.4, 0.5) is 5.13 Å². The number of fused-ring (bicyclic) bond motifs is 6. The number of H-pyrrole nitrogens is 1. The highest BCUT2D eigenvalue weighted by atomic mass is 32.1. The van der Waals surface area contributed by atoms with Crippen LogP contribution in [0.25, 0.3) is 65.7 Å². The molecule has 0 amide bonds. The lowest BCUT2D eigenvalue weighted by molar-refractivity contribution is 0.415. The topological polar surface area (TPSA) is 89.7 Å². The Morgan fingerprint density at radius 3 is 2.05 bits per heavy atom. The van der Waals surface area contributed by atoms with E-state index in [2.05, 4.69) is 94.0 Å². The summed E-state index contributed by atoms with van der Waals surface area (Å²) in [6.45, 7) is 0. The van der Waals surface area contributed by atoms with Gasteiger partial charge < -0.3 is 15.5 Å². The van der Waals surface area contributed by atoms with Crippen LogP contribution >= 0.6 is 11.3 Å². The van der Waals surface area contributed by atoms with Crippen molar-refractivity contribution in [2.75, 3.05) is 12.8 Å². The minimum atomic E-state index is 0.440. The fourth-order valence-electron chi connectivity index (χ4n) is 4.94. The van der Waals surface area contributed by atoms with E-state index >= 15 is 0 Å². The number of rotatable bonds is 4. The van der Waals surface area contributed by atoms with Crippen molar-refractivity contribution in [3.8, 4) is 38.8 Å². The number of nitrogens with one attached hydrogen (secondary N) is 1. The molecule has 3 N–H and O–H groups in total. The lowest BCUT2D eigenvalue weighted by Gasteiger charge is -2.08. The van der Waals surface area contributed by atoms with Crippen molar-refractivity contribution in [1.82, 2.24) is 20.2 Å². The zero-order valence-corrected chi connectivity index (χ0v) is 20.7. The molecule has 0 atom stereocenters. The molecule has 0 fully saturated rings. The van der Waals surface area contributed by atoms with E-state index in [0.29, 0.717) is 5.13 Å². The Balaban J connectivity index is 1.33. The number of methoxy groups -OCH3 is 1. The third-order valence-electron chi connectivity index (χ3n) is 6.69. The predicted molar refractivity (Wildman–Crippen MR) is 152 cm³/mol. The third-order valence-corrected chi connectivity index (χ3v) is 7.50. The summed E-state index contributed by atoms with van der Waals surface area (Å²) in [6.07, 6.45) is 0. The number of hydrogen-bond donors (Lipinski definition) is 2. The average Bonchev–Trinajstić information content (AvgIpc) is 3.60. The molecule has 5 aromatic carbocycles. The van der Waals surface area contributed by atoms with Gasteiger partial charge in [0.05, 0.1) is 18.1 Å². The molecule has 0 saturated heterocycles. The lowest BCUT2D eigenvalue weighted by atomic mass is 10.0. The Labute approximate surface area is 216 Å². The fraction of sp³-hybridized carbons (Fsp3) is 0.0333. The van der Waals surface area contributed by atoms with Crippen molar-refractivity contribution in [2.45, 2.75) is 0 Å². The van der Waals surface area contributed by atoms with E-state index in [4.69, 9.17) is 15.5 Å². The van der Waals surface area contributed by atoms with Gasteiger partial charge in [-0.25, -0.2) is 4.98 Å². The molecule has 7 rings (SSSR count). The molecule has 0 spiro atoms. The van der Waals surface area contributed by atoms with Gasteiger partial charge in [0.2, 0.25) is 5.13 Å². The molecule has 0 bridgehead atoms. The molecular formula is C30H21N5OS. The van der Waals surface area contributed by atoms with Crippen molar-refractivity contribution < 1.29 is 4.74 Å². The molecule has 37 heavy (non-hydrogen) atoms. The van der Waals surface area contributed by atoms with E-state index in [1.165, 1.54) is 27.5 Å². The average molecular weight is 500 g/mol. The highest BCUT2D eigenvalue weighted by molar-refractivity contribution is 7.18. The second kappa shape index (κ2) is 8.43. The molecule has 7 heteroatoms. The van der Waals surface area contributed by atoms with Crippen molar-refractivity contribution in [3.05, 3.63) is 91.0 Å². The van der Waals surface area contributed by atoms with Gasteiger partial charge in [0, 0.05) is 21.9 Å². The van der Waals surface area contributed by atoms with E-state index in [1.54, 1.807) is 7.11 Å². The normalized spacial score (nSPS) is 11.5. The molecule has 0 aliphatic carbocycles. The fourth-order valence-corrected chi connectivity index (χ4v) is 5.54. The first-order valence-corrected chi connectivity index (χ1v) is 12.7. The minimum Gasteiger partial charge on any atom is -0.497 e. The zero-order chi connectivity index (χ0) is 24.9. The Morgan fingerprint density at radius 2 is 1.35 bits per heavy atom. The summed E-state index contributed by atoms with van der Waals surface area (Å²) in [6, 6.07) is 31.4. The smallest absolute Gasteiger partial charge is 0.203 e. The highest BCUT2D eigenvalue weighted by Gasteiger charge is 2.14. The monoisotopic (exact) mass is 499 g/mol. The van der Waals surface area contributed by atoms with Crippen LogP contribution in [0.5, 0.6) is 5.75 Å². The van der Waals surface area contributed by atoms with Crippen LogP contribution in [-0.2, 0) is 0 Å². The second-order valence-electron chi connectivity index (χ2n) is 8.87. The molecular weight excluding hydrogens is 478 g/mol. The van der Waals surface area contributed by atoms with E-state index in [-0.39, 0.29) is 0 Å². The van der Waals surface area contributed by atoms with Crippen LogP contribution in [-0.4, -0.2) is 27.3 Å². The molecule has 2 heterocycles. The number of imidazole rings is 1. The SMILES string of the molecule is COc1cc(-c2ccc(-c3nc4c5ccccc5c5ccccc5c4[nH]3)cc2)cc(-c2nnc(N)s2)c1. The molecule has 0 aliphatic rings. The molecule has 2 aromatic heterocycles. The lowest BCUT2D eigenvalue weighted by Crippen LogP contribution is -1.88. The highest BCUT2D eigenvalue weighted by Crippen LogP contribution is 2.36. The van der Waals surface area contributed by atoms with Gasteiger partial charge in [-0.1, -0.05) is 84.1 Å². The van der Waals surface area contributed by atoms with Crippen molar-refractivity contribution in [2.24, 2.45) is 0 Å². The maximum Gasteiger partial charge on any atom is 0.203 e. The molecule has 0 unspecified atom stereocenters. The molecule has 7 aromatic rings. The van der Waals surface area contributed by atoms with Gasteiger partial charge in [-0.2, -0.15) is 0 Å². The largest absolute Gasteiger partial charge is 0.497 e. The van der Waals surface area contributed by atoms with Gasteiger partial charge in [0.15, 0.2) is 0 Å². The quantitative estimate of drug-likeness (QED) is 0.248. The van der Waals surface area contributed by atoms with Crippen LogP contribution in [0.3, 0.4) is 0 Å². The summed E-state index contributed by atoms with van der Waals surface area (Å²) in [5.74, 6) is 1.60. The maximum atomic E-state index is 5.80. The number of nitrogens with two attached hydrogens (primary N) is 1. The number of aromatic amines is 1. The number of aromatic nitrogens is 4. The van der Waals surface area contributed by atoms with Crippen LogP contribution in [0.1, 0.15) is 0 Å². The first-order chi connectivity index (χ1) is 18.2. The second-order valence-corrected chi connectivity index (χ2v) is 9.88. The predicted octanol–water partition coefficient (Wildman–Crippen LogP) is 7.31. The third kappa shape index (κ3) is 3.59.